The third kappa shape index (κ3) is 3.58. The number of hydrogen-bond donors (Lipinski definition) is 3. The standard InChI is InChI=1S/C13H13N3O4/c1-8-6-14-11(20-8)7-15-13(19)16-10-4-2-9(3-5-10)12(17)18/h2-6H,7H2,1H3,(H,17,18)(H2,15,16,19). The normalized spacial score (nSPS) is 10.1. The average Bonchev–Trinajstić information content (AvgIpc) is 2.83. The fourth-order valence-corrected chi connectivity index (χ4v) is 1.51. The summed E-state index contributed by atoms with van der Waals surface area (Å²) >= 11 is 0. The molecule has 2 rings (SSSR count). The molecule has 0 saturated carbocycles. The maximum absolute atomic E-state index is 11.6. The lowest BCUT2D eigenvalue weighted by Crippen LogP contribution is -2.28. The van der Waals surface area contributed by atoms with Crippen LogP contribution < -0.4 is 10.6 Å². The molecule has 7 heteroatoms. The van der Waals surface area contributed by atoms with Crippen molar-refractivity contribution in [2.45, 2.75) is 13.5 Å². The number of carboxylic acid groups (broad SMARTS) is 1. The van der Waals surface area contributed by atoms with Gasteiger partial charge in [-0.05, 0) is 31.2 Å². The summed E-state index contributed by atoms with van der Waals surface area (Å²) in [5.41, 5.74) is 0.655. The van der Waals surface area contributed by atoms with Crippen LogP contribution >= 0.6 is 0 Å². The first-order valence-electron chi connectivity index (χ1n) is 5.84. The van der Waals surface area contributed by atoms with Crippen molar-refractivity contribution in [2.75, 3.05) is 5.32 Å². The van der Waals surface area contributed by atoms with Gasteiger partial charge in [0.25, 0.3) is 0 Å². The van der Waals surface area contributed by atoms with E-state index in [0.717, 1.165) is 0 Å². The Balaban J connectivity index is 1.86. The summed E-state index contributed by atoms with van der Waals surface area (Å²) < 4.78 is 5.21. The van der Waals surface area contributed by atoms with Crippen LogP contribution in [-0.2, 0) is 6.54 Å². The number of rotatable bonds is 4. The van der Waals surface area contributed by atoms with Gasteiger partial charge >= 0.3 is 12.0 Å². The molecule has 1 heterocycles. The second-order valence-corrected chi connectivity index (χ2v) is 4.05. The Labute approximate surface area is 114 Å². The van der Waals surface area contributed by atoms with E-state index in [2.05, 4.69) is 15.6 Å². The van der Waals surface area contributed by atoms with Crippen LogP contribution in [0.3, 0.4) is 0 Å². The van der Waals surface area contributed by atoms with Crippen LogP contribution in [0.25, 0.3) is 0 Å². The summed E-state index contributed by atoms with van der Waals surface area (Å²) in [5.74, 6) is 0.0746. The third-order valence-electron chi connectivity index (χ3n) is 2.46. The lowest BCUT2D eigenvalue weighted by atomic mass is 10.2. The minimum atomic E-state index is -1.01. The number of aromatic nitrogens is 1. The van der Waals surface area contributed by atoms with E-state index in [9.17, 15) is 9.59 Å². The van der Waals surface area contributed by atoms with Crippen molar-refractivity contribution in [1.82, 2.24) is 10.3 Å². The molecular weight excluding hydrogens is 262 g/mol. The molecule has 0 aliphatic carbocycles. The molecule has 0 aliphatic rings. The van der Waals surface area contributed by atoms with Crippen molar-refractivity contribution < 1.29 is 19.1 Å². The van der Waals surface area contributed by atoms with Gasteiger partial charge in [-0.15, -0.1) is 0 Å². The highest BCUT2D eigenvalue weighted by Gasteiger charge is 2.06. The maximum Gasteiger partial charge on any atom is 0.335 e. The van der Waals surface area contributed by atoms with E-state index < -0.39 is 12.0 Å². The molecule has 3 N–H and O–H groups in total. The molecule has 0 unspecified atom stereocenters. The number of benzene rings is 1. The van der Waals surface area contributed by atoms with Crippen LogP contribution in [-0.4, -0.2) is 22.1 Å². The van der Waals surface area contributed by atoms with E-state index in [1.54, 1.807) is 13.1 Å². The number of carbonyl (C=O) groups excluding carboxylic acids is 1. The molecular formula is C13H13N3O4. The van der Waals surface area contributed by atoms with Crippen LogP contribution in [0.1, 0.15) is 22.0 Å². The number of carbonyl (C=O) groups is 2. The van der Waals surface area contributed by atoms with Crippen LogP contribution in [0.15, 0.2) is 34.9 Å². The van der Waals surface area contributed by atoms with E-state index >= 15 is 0 Å². The second-order valence-electron chi connectivity index (χ2n) is 4.05. The zero-order valence-electron chi connectivity index (χ0n) is 10.7. The molecule has 0 radical (unpaired) electrons. The van der Waals surface area contributed by atoms with Gasteiger partial charge in [0, 0.05) is 5.69 Å². The van der Waals surface area contributed by atoms with Crippen molar-refractivity contribution in [3.63, 3.8) is 0 Å². The second kappa shape index (κ2) is 5.87. The predicted octanol–water partition coefficient (Wildman–Crippen LogP) is 2.00. The number of amides is 2. The summed E-state index contributed by atoms with van der Waals surface area (Å²) in [4.78, 5) is 26.2. The predicted molar refractivity (Wildman–Crippen MR) is 70.5 cm³/mol. The summed E-state index contributed by atoms with van der Waals surface area (Å²) in [6.45, 7) is 1.94. The molecule has 7 nitrogen and oxygen atoms in total. The first kappa shape index (κ1) is 13.6. The minimum Gasteiger partial charge on any atom is -0.478 e. The molecule has 1 aromatic heterocycles. The van der Waals surface area contributed by atoms with Gasteiger partial charge in [-0.1, -0.05) is 0 Å². The number of nitrogens with zero attached hydrogens (tertiary/aromatic N) is 1. The van der Waals surface area contributed by atoms with E-state index in [-0.39, 0.29) is 12.1 Å². The minimum absolute atomic E-state index is 0.159. The Kier molecular flexibility index (Phi) is 3.99. The molecule has 0 aliphatic heterocycles. The van der Waals surface area contributed by atoms with E-state index in [1.165, 1.54) is 24.3 Å². The van der Waals surface area contributed by atoms with Crippen LogP contribution in [0.5, 0.6) is 0 Å². The Morgan fingerprint density at radius 1 is 1.30 bits per heavy atom. The Hall–Kier alpha value is -2.83. The highest BCUT2D eigenvalue weighted by molar-refractivity contribution is 5.91. The lowest BCUT2D eigenvalue weighted by Gasteiger charge is -2.06. The molecule has 1 aromatic carbocycles. The number of hydrogen-bond acceptors (Lipinski definition) is 4. The summed E-state index contributed by atoms with van der Waals surface area (Å²) in [6.07, 6.45) is 1.57. The zero-order chi connectivity index (χ0) is 14.5. The molecule has 0 atom stereocenters. The van der Waals surface area contributed by atoms with Crippen molar-refractivity contribution in [1.29, 1.82) is 0 Å². The van der Waals surface area contributed by atoms with Gasteiger partial charge in [-0.2, -0.15) is 0 Å². The monoisotopic (exact) mass is 275 g/mol. The van der Waals surface area contributed by atoms with Crippen molar-refractivity contribution in [2.24, 2.45) is 0 Å². The first-order chi connectivity index (χ1) is 9.54. The summed E-state index contributed by atoms with van der Waals surface area (Å²) in [7, 11) is 0. The third-order valence-corrected chi connectivity index (χ3v) is 2.46. The fourth-order valence-electron chi connectivity index (χ4n) is 1.51. The number of carboxylic acids is 1. The van der Waals surface area contributed by atoms with Crippen molar-refractivity contribution in [3.8, 4) is 0 Å². The molecule has 0 bridgehead atoms. The largest absolute Gasteiger partial charge is 0.478 e. The van der Waals surface area contributed by atoms with E-state index in [4.69, 9.17) is 9.52 Å². The van der Waals surface area contributed by atoms with Gasteiger partial charge in [0.15, 0.2) is 0 Å². The fraction of sp³-hybridized carbons (Fsp3) is 0.154. The topological polar surface area (TPSA) is 104 Å². The average molecular weight is 275 g/mol. The molecule has 104 valence electrons. The van der Waals surface area contributed by atoms with E-state index in [0.29, 0.717) is 17.3 Å². The van der Waals surface area contributed by atoms with Gasteiger partial charge in [-0.25, -0.2) is 14.6 Å². The molecule has 0 fully saturated rings. The summed E-state index contributed by atoms with van der Waals surface area (Å²) in [6, 6.07) is 5.42. The highest BCUT2D eigenvalue weighted by atomic mass is 16.4. The Morgan fingerprint density at radius 3 is 2.55 bits per heavy atom. The van der Waals surface area contributed by atoms with Crippen LogP contribution in [0, 0.1) is 6.92 Å². The highest BCUT2D eigenvalue weighted by Crippen LogP contribution is 2.09. The van der Waals surface area contributed by atoms with Gasteiger partial charge in [0.2, 0.25) is 5.89 Å². The number of aryl methyl sites for hydroxylation is 1. The first-order valence-corrected chi connectivity index (χ1v) is 5.84. The molecule has 2 aromatic rings. The number of nitrogens with one attached hydrogen (secondary N) is 2. The molecule has 0 spiro atoms. The van der Waals surface area contributed by atoms with Gasteiger partial charge in [-0.3, -0.25) is 0 Å². The molecule has 20 heavy (non-hydrogen) atoms. The molecule has 2 amide bonds. The zero-order valence-corrected chi connectivity index (χ0v) is 10.7. The number of aromatic carboxylic acids is 1. The Bertz CT molecular complexity index is 619. The number of urea groups is 1. The number of anilines is 1. The van der Waals surface area contributed by atoms with Gasteiger partial charge < -0.3 is 20.2 Å². The number of oxazole rings is 1. The van der Waals surface area contributed by atoms with Gasteiger partial charge in [0.1, 0.15) is 5.76 Å². The van der Waals surface area contributed by atoms with E-state index in [1.807, 2.05) is 0 Å². The lowest BCUT2D eigenvalue weighted by molar-refractivity contribution is 0.0697. The smallest absolute Gasteiger partial charge is 0.335 e. The maximum atomic E-state index is 11.6. The van der Waals surface area contributed by atoms with Crippen molar-refractivity contribution >= 4 is 17.7 Å². The SMILES string of the molecule is Cc1cnc(CNC(=O)Nc2ccc(C(=O)O)cc2)o1. The van der Waals surface area contributed by atoms with Crippen molar-refractivity contribution in [3.05, 3.63) is 47.7 Å². The molecule has 0 saturated heterocycles. The quantitative estimate of drug-likeness (QED) is 0.791. The van der Waals surface area contributed by atoms with Crippen LogP contribution in [0.4, 0.5) is 10.5 Å². The Morgan fingerprint density at radius 2 is 2.00 bits per heavy atom. The van der Waals surface area contributed by atoms with Crippen LogP contribution in [0.2, 0.25) is 0 Å². The van der Waals surface area contributed by atoms with Gasteiger partial charge in [0.05, 0.1) is 18.3 Å². The summed E-state index contributed by atoms with van der Waals surface area (Å²) in [5, 5.41) is 13.9.